The lowest BCUT2D eigenvalue weighted by molar-refractivity contribution is 0.414. The third kappa shape index (κ3) is 3.42. The highest BCUT2D eigenvalue weighted by Crippen LogP contribution is 2.42. The van der Waals surface area contributed by atoms with Crippen molar-refractivity contribution in [2.24, 2.45) is 0 Å². The Labute approximate surface area is 197 Å². The molecule has 34 heavy (non-hydrogen) atoms. The SMILES string of the molecule is COc1ccc(N(c2ccc(OC)cc2)[C@@H]2CC[C@@H](c3nnc4cnc5[nH]ccc5n34)C2)cc1. The second-order valence-corrected chi connectivity index (χ2v) is 8.65. The van der Waals surface area contributed by atoms with E-state index in [-0.39, 0.29) is 0 Å². The van der Waals surface area contributed by atoms with Crippen molar-refractivity contribution < 1.29 is 9.47 Å². The summed E-state index contributed by atoms with van der Waals surface area (Å²) >= 11 is 0. The lowest BCUT2D eigenvalue weighted by atomic mass is 10.1. The number of ether oxygens (including phenoxy) is 2. The van der Waals surface area contributed by atoms with Crippen LogP contribution in [0.25, 0.3) is 16.8 Å². The summed E-state index contributed by atoms with van der Waals surface area (Å²) in [7, 11) is 3.38. The number of aromatic nitrogens is 5. The summed E-state index contributed by atoms with van der Waals surface area (Å²) in [6.45, 7) is 0. The molecule has 0 saturated heterocycles. The predicted molar refractivity (Wildman–Crippen MR) is 131 cm³/mol. The molecule has 0 amide bonds. The van der Waals surface area contributed by atoms with Crippen LogP contribution < -0.4 is 14.4 Å². The van der Waals surface area contributed by atoms with Crippen molar-refractivity contribution >= 4 is 28.2 Å². The number of nitrogens with zero attached hydrogens (tertiary/aromatic N) is 5. The number of H-pyrrole nitrogens is 1. The second kappa shape index (κ2) is 8.37. The van der Waals surface area contributed by atoms with Crippen molar-refractivity contribution in [1.82, 2.24) is 24.6 Å². The molecule has 8 heteroatoms. The first kappa shape index (κ1) is 20.5. The number of benzene rings is 2. The Balaban J connectivity index is 1.36. The van der Waals surface area contributed by atoms with Gasteiger partial charge in [-0.15, -0.1) is 10.2 Å². The fourth-order valence-electron chi connectivity index (χ4n) is 5.15. The molecule has 3 heterocycles. The van der Waals surface area contributed by atoms with Crippen molar-refractivity contribution in [1.29, 1.82) is 0 Å². The minimum Gasteiger partial charge on any atom is -0.497 e. The van der Waals surface area contributed by atoms with Crippen molar-refractivity contribution in [2.75, 3.05) is 19.1 Å². The van der Waals surface area contributed by atoms with Crippen LogP contribution in [-0.2, 0) is 0 Å². The van der Waals surface area contributed by atoms with Crippen LogP contribution >= 0.6 is 0 Å². The van der Waals surface area contributed by atoms with Gasteiger partial charge in [0, 0.05) is 29.5 Å². The fourth-order valence-corrected chi connectivity index (χ4v) is 5.15. The number of rotatable bonds is 6. The maximum atomic E-state index is 5.39. The summed E-state index contributed by atoms with van der Waals surface area (Å²) in [5, 5.41) is 9.01. The number of hydrogen-bond acceptors (Lipinski definition) is 6. The highest BCUT2D eigenvalue weighted by atomic mass is 16.5. The van der Waals surface area contributed by atoms with E-state index >= 15 is 0 Å². The Hall–Kier alpha value is -4.07. The molecule has 1 aliphatic rings. The summed E-state index contributed by atoms with van der Waals surface area (Å²) in [5.74, 6) is 3.01. The van der Waals surface area contributed by atoms with E-state index in [4.69, 9.17) is 9.47 Å². The molecule has 0 aliphatic heterocycles. The van der Waals surface area contributed by atoms with Crippen LogP contribution in [0.2, 0.25) is 0 Å². The number of nitrogens with one attached hydrogen (secondary N) is 1. The first-order chi connectivity index (χ1) is 16.7. The molecule has 6 rings (SSSR count). The van der Waals surface area contributed by atoms with E-state index in [1.807, 2.05) is 36.5 Å². The largest absolute Gasteiger partial charge is 0.497 e. The third-order valence-electron chi connectivity index (χ3n) is 6.80. The minimum atomic E-state index is 0.305. The topological polar surface area (TPSA) is 80.6 Å². The molecule has 0 unspecified atom stereocenters. The van der Waals surface area contributed by atoms with Gasteiger partial charge in [-0.05, 0) is 73.9 Å². The lowest BCUT2D eigenvalue weighted by Crippen LogP contribution is -2.28. The Morgan fingerprint density at radius 3 is 2.21 bits per heavy atom. The van der Waals surface area contributed by atoms with Gasteiger partial charge in [0.05, 0.1) is 25.9 Å². The Morgan fingerprint density at radius 2 is 1.56 bits per heavy atom. The summed E-state index contributed by atoms with van der Waals surface area (Å²) in [6.07, 6.45) is 6.77. The van der Waals surface area contributed by atoms with E-state index in [1.54, 1.807) is 20.4 Å². The molecule has 3 aromatic heterocycles. The predicted octanol–water partition coefficient (Wildman–Crippen LogP) is 5.10. The Morgan fingerprint density at radius 1 is 0.882 bits per heavy atom. The summed E-state index contributed by atoms with van der Waals surface area (Å²) in [5.41, 5.74) is 4.93. The smallest absolute Gasteiger partial charge is 0.179 e. The van der Waals surface area contributed by atoms with Gasteiger partial charge in [0.25, 0.3) is 0 Å². The van der Waals surface area contributed by atoms with Gasteiger partial charge in [-0.3, -0.25) is 4.40 Å². The zero-order valence-corrected chi connectivity index (χ0v) is 19.2. The van der Waals surface area contributed by atoms with Crippen molar-refractivity contribution in [3.8, 4) is 11.5 Å². The van der Waals surface area contributed by atoms with Crippen LogP contribution in [0.3, 0.4) is 0 Å². The molecular weight excluding hydrogens is 428 g/mol. The van der Waals surface area contributed by atoms with Gasteiger partial charge in [-0.1, -0.05) is 0 Å². The second-order valence-electron chi connectivity index (χ2n) is 8.65. The molecule has 1 N–H and O–H groups in total. The van der Waals surface area contributed by atoms with Gasteiger partial charge in [0.15, 0.2) is 11.3 Å². The molecular formula is C26H26N6O2. The molecule has 0 spiro atoms. The summed E-state index contributed by atoms with van der Waals surface area (Å²) < 4.78 is 12.9. The maximum absolute atomic E-state index is 5.39. The molecule has 1 fully saturated rings. The van der Waals surface area contributed by atoms with E-state index in [0.29, 0.717) is 12.0 Å². The van der Waals surface area contributed by atoms with Gasteiger partial charge in [0.2, 0.25) is 0 Å². The molecule has 5 aromatic rings. The van der Waals surface area contributed by atoms with Crippen molar-refractivity contribution in [3.05, 3.63) is 72.8 Å². The van der Waals surface area contributed by atoms with Crippen LogP contribution in [0.4, 0.5) is 11.4 Å². The van der Waals surface area contributed by atoms with Crippen LogP contribution in [0.1, 0.15) is 31.0 Å². The van der Waals surface area contributed by atoms with Gasteiger partial charge in [-0.25, -0.2) is 4.98 Å². The van der Waals surface area contributed by atoms with E-state index in [1.165, 1.54) is 0 Å². The lowest BCUT2D eigenvalue weighted by Gasteiger charge is -2.32. The molecule has 2 aromatic carbocycles. The van der Waals surface area contributed by atoms with E-state index in [2.05, 4.69) is 53.7 Å². The highest BCUT2D eigenvalue weighted by molar-refractivity contribution is 5.74. The van der Waals surface area contributed by atoms with Crippen LogP contribution in [-0.4, -0.2) is 44.8 Å². The molecule has 8 nitrogen and oxygen atoms in total. The molecule has 0 bridgehead atoms. The zero-order valence-electron chi connectivity index (χ0n) is 19.2. The quantitative estimate of drug-likeness (QED) is 0.385. The molecule has 0 radical (unpaired) electrons. The first-order valence-electron chi connectivity index (χ1n) is 11.5. The van der Waals surface area contributed by atoms with Gasteiger partial charge >= 0.3 is 0 Å². The fraction of sp³-hybridized carbons (Fsp3) is 0.269. The minimum absolute atomic E-state index is 0.305. The van der Waals surface area contributed by atoms with E-state index < -0.39 is 0 Å². The van der Waals surface area contributed by atoms with Gasteiger partial charge in [0.1, 0.15) is 17.3 Å². The maximum Gasteiger partial charge on any atom is 0.179 e. The molecule has 1 saturated carbocycles. The average Bonchev–Trinajstić information content (AvgIpc) is 3.64. The molecule has 172 valence electrons. The summed E-state index contributed by atoms with van der Waals surface area (Å²) in [4.78, 5) is 10.1. The summed E-state index contributed by atoms with van der Waals surface area (Å²) in [6, 6.07) is 18.9. The molecule has 2 atom stereocenters. The number of fused-ring (bicyclic) bond motifs is 3. The zero-order chi connectivity index (χ0) is 23.1. The van der Waals surface area contributed by atoms with E-state index in [0.717, 1.165) is 64.8 Å². The van der Waals surface area contributed by atoms with Crippen LogP contribution in [0, 0.1) is 0 Å². The van der Waals surface area contributed by atoms with Crippen LogP contribution in [0.15, 0.2) is 67.0 Å². The number of methoxy groups -OCH3 is 2. The normalized spacial score (nSPS) is 17.9. The molecule has 1 aliphatic carbocycles. The highest BCUT2D eigenvalue weighted by Gasteiger charge is 2.34. The Bertz CT molecular complexity index is 1380. The van der Waals surface area contributed by atoms with Gasteiger partial charge < -0.3 is 19.4 Å². The first-order valence-corrected chi connectivity index (χ1v) is 11.5. The standard InChI is InChI=1S/C26H26N6O2/c1-33-21-9-5-18(6-10-21)31(19-7-11-22(34-2)12-8-19)20-4-3-17(15-20)26-30-29-24-16-28-25-23(32(24)26)13-14-27-25/h5-14,16-17,20,27H,3-4,15H2,1-2H3/t17-,20-/m1/s1. The van der Waals surface area contributed by atoms with E-state index in [9.17, 15) is 0 Å². The monoisotopic (exact) mass is 454 g/mol. The number of hydrogen-bond donors (Lipinski definition) is 1. The average molecular weight is 455 g/mol. The van der Waals surface area contributed by atoms with Crippen LogP contribution in [0.5, 0.6) is 11.5 Å². The number of aromatic amines is 1. The third-order valence-corrected chi connectivity index (χ3v) is 6.80. The van der Waals surface area contributed by atoms with Crippen molar-refractivity contribution in [2.45, 2.75) is 31.2 Å². The number of anilines is 2. The Kier molecular flexibility index (Phi) is 5.05. The van der Waals surface area contributed by atoms with Crippen molar-refractivity contribution in [3.63, 3.8) is 0 Å². The van der Waals surface area contributed by atoms with Gasteiger partial charge in [-0.2, -0.15) is 0 Å².